The first-order valence-corrected chi connectivity index (χ1v) is 8.89. The third-order valence-electron chi connectivity index (χ3n) is 4.00. The summed E-state index contributed by atoms with van der Waals surface area (Å²) in [5.41, 5.74) is 10.1. The standard InChI is InChI=1S/C19H18ClN7/c1-11(2)22-18(21)12-3-8-15-16(9-12)24-19(23-15)17-10-27(26-25-17)14-6-4-13(20)5-7-14/h3-11H,1-2H3,(H2,21,22)(H,23,24). The summed E-state index contributed by atoms with van der Waals surface area (Å²) in [5, 5.41) is 9.05. The van der Waals surface area contributed by atoms with Crippen molar-refractivity contribution in [2.24, 2.45) is 10.7 Å². The largest absolute Gasteiger partial charge is 0.383 e. The fraction of sp³-hybridized carbons (Fsp3) is 0.158. The van der Waals surface area contributed by atoms with E-state index in [9.17, 15) is 0 Å². The highest BCUT2D eigenvalue weighted by Gasteiger charge is 2.11. The van der Waals surface area contributed by atoms with Crippen LogP contribution in [0, 0.1) is 0 Å². The van der Waals surface area contributed by atoms with Crippen LogP contribution in [0.25, 0.3) is 28.2 Å². The number of halogens is 1. The maximum Gasteiger partial charge on any atom is 0.160 e. The normalized spacial score (nSPS) is 12.2. The van der Waals surface area contributed by atoms with Crippen LogP contribution in [0.2, 0.25) is 5.02 Å². The summed E-state index contributed by atoms with van der Waals surface area (Å²) < 4.78 is 1.68. The number of imidazole rings is 1. The molecule has 0 atom stereocenters. The van der Waals surface area contributed by atoms with Crippen LogP contribution in [0.3, 0.4) is 0 Å². The van der Waals surface area contributed by atoms with Gasteiger partial charge < -0.3 is 10.7 Å². The minimum absolute atomic E-state index is 0.140. The Kier molecular flexibility index (Phi) is 4.37. The topological polar surface area (TPSA) is 97.8 Å². The van der Waals surface area contributed by atoms with E-state index in [2.05, 4.69) is 25.3 Å². The lowest BCUT2D eigenvalue weighted by atomic mass is 10.2. The van der Waals surface area contributed by atoms with E-state index >= 15 is 0 Å². The van der Waals surface area contributed by atoms with E-state index in [1.54, 1.807) is 4.68 Å². The lowest BCUT2D eigenvalue weighted by Gasteiger charge is -2.03. The molecule has 0 bridgehead atoms. The van der Waals surface area contributed by atoms with Crippen LogP contribution in [0.1, 0.15) is 19.4 Å². The van der Waals surface area contributed by atoms with Crippen LogP contribution in [0.4, 0.5) is 0 Å². The van der Waals surface area contributed by atoms with E-state index in [1.807, 2.05) is 62.5 Å². The number of nitrogens with two attached hydrogens (primary N) is 1. The van der Waals surface area contributed by atoms with Gasteiger partial charge in [-0.15, -0.1) is 5.10 Å². The summed E-state index contributed by atoms with van der Waals surface area (Å²) in [4.78, 5) is 12.3. The van der Waals surface area contributed by atoms with Gasteiger partial charge in [0.2, 0.25) is 0 Å². The molecule has 0 unspecified atom stereocenters. The first-order valence-electron chi connectivity index (χ1n) is 8.51. The zero-order chi connectivity index (χ0) is 19.0. The summed E-state index contributed by atoms with van der Waals surface area (Å²) in [6.45, 7) is 3.98. The predicted octanol–water partition coefficient (Wildman–Crippen LogP) is 3.58. The van der Waals surface area contributed by atoms with Gasteiger partial charge in [0, 0.05) is 16.6 Å². The molecule has 0 aliphatic heterocycles. The second-order valence-corrected chi connectivity index (χ2v) is 6.89. The van der Waals surface area contributed by atoms with Crippen molar-refractivity contribution in [2.75, 3.05) is 0 Å². The van der Waals surface area contributed by atoms with Crippen molar-refractivity contribution in [3.8, 4) is 17.2 Å². The number of nitrogens with zero attached hydrogens (tertiary/aromatic N) is 5. The maximum atomic E-state index is 6.06. The average molecular weight is 380 g/mol. The van der Waals surface area contributed by atoms with Gasteiger partial charge in [-0.3, -0.25) is 4.99 Å². The monoisotopic (exact) mass is 379 g/mol. The lowest BCUT2D eigenvalue weighted by molar-refractivity contribution is 0.803. The van der Waals surface area contributed by atoms with Crippen LogP contribution in [0.5, 0.6) is 0 Å². The Bertz CT molecular complexity index is 1120. The zero-order valence-corrected chi connectivity index (χ0v) is 15.6. The number of hydrogen-bond donors (Lipinski definition) is 2. The Morgan fingerprint density at radius 2 is 1.96 bits per heavy atom. The average Bonchev–Trinajstić information content (AvgIpc) is 3.28. The van der Waals surface area contributed by atoms with Crippen molar-refractivity contribution in [3.63, 3.8) is 0 Å². The Labute approximate surface area is 160 Å². The molecular formula is C19H18ClN7. The SMILES string of the molecule is CC(C)N=C(N)c1ccc2nc(-c3cn(-c4ccc(Cl)cc4)nn3)[nH]c2c1. The van der Waals surface area contributed by atoms with Crippen LogP contribution < -0.4 is 5.73 Å². The van der Waals surface area contributed by atoms with Gasteiger partial charge in [0.1, 0.15) is 11.5 Å². The Morgan fingerprint density at radius 3 is 2.70 bits per heavy atom. The number of benzene rings is 2. The minimum atomic E-state index is 0.140. The summed E-state index contributed by atoms with van der Waals surface area (Å²) in [6, 6.07) is 13.3. The molecule has 0 aliphatic rings. The van der Waals surface area contributed by atoms with Crippen LogP contribution in [-0.4, -0.2) is 36.8 Å². The molecule has 0 fully saturated rings. The Morgan fingerprint density at radius 1 is 1.19 bits per heavy atom. The molecule has 8 heteroatoms. The molecule has 2 aromatic heterocycles. The molecule has 0 spiro atoms. The number of nitrogens with one attached hydrogen (secondary N) is 1. The van der Waals surface area contributed by atoms with Crippen LogP contribution in [-0.2, 0) is 0 Å². The fourth-order valence-corrected chi connectivity index (χ4v) is 2.86. The van der Waals surface area contributed by atoms with Crippen molar-refractivity contribution in [2.45, 2.75) is 19.9 Å². The van der Waals surface area contributed by atoms with Gasteiger partial charge in [-0.1, -0.05) is 16.8 Å². The van der Waals surface area contributed by atoms with E-state index in [4.69, 9.17) is 17.3 Å². The van der Waals surface area contributed by atoms with Crippen LogP contribution >= 0.6 is 11.6 Å². The van der Waals surface area contributed by atoms with E-state index in [1.165, 1.54) is 0 Å². The molecule has 136 valence electrons. The molecule has 27 heavy (non-hydrogen) atoms. The lowest BCUT2D eigenvalue weighted by Crippen LogP contribution is -2.15. The molecule has 2 heterocycles. The number of fused-ring (bicyclic) bond motifs is 1. The highest BCUT2D eigenvalue weighted by molar-refractivity contribution is 6.30. The summed E-state index contributed by atoms with van der Waals surface area (Å²) in [6.07, 6.45) is 1.82. The molecule has 4 rings (SSSR count). The van der Waals surface area contributed by atoms with E-state index < -0.39 is 0 Å². The summed E-state index contributed by atoms with van der Waals surface area (Å²) >= 11 is 5.93. The van der Waals surface area contributed by atoms with Crippen molar-refractivity contribution in [3.05, 3.63) is 59.2 Å². The first-order chi connectivity index (χ1) is 13.0. The van der Waals surface area contributed by atoms with E-state index in [-0.39, 0.29) is 6.04 Å². The Balaban J connectivity index is 1.67. The van der Waals surface area contributed by atoms with Gasteiger partial charge in [0.15, 0.2) is 5.82 Å². The number of H-pyrrole nitrogens is 1. The second kappa shape index (κ2) is 6.85. The predicted molar refractivity (Wildman–Crippen MR) is 107 cm³/mol. The molecular weight excluding hydrogens is 362 g/mol. The third-order valence-corrected chi connectivity index (χ3v) is 4.25. The molecule has 4 aromatic rings. The third kappa shape index (κ3) is 3.54. The van der Waals surface area contributed by atoms with Gasteiger partial charge in [-0.25, -0.2) is 9.67 Å². The molecule has 3 N–H and O–H groups in total. The van der Waals surface area contributed by atoms with Crippen molar-refractivity contribution in [1.82, 2.24) is 25.0 Å². The number of aromatic nitrogens is 5. The minimum Gasteiger partial charge on any atom is -0.383 e. The van der Waals surface area contributed by atoms with Gasteiger partial charge in [0.05, 0.1) is 22.9 Å². The van der Waals surface area contributed by atoms with E-state index in [0.29, 0.717) is 22.4 Å². The highest BCUT2D eigenvalue weighted by Crippen LogP contribution is 2.21. The number of rotatable bonds is 4. The van der Waals surface area contributed by atoms with Crippen LogP contribution in [0.15, 0.2) is 53.7 Å². The van der Waals surface area contributed by atoms with Gasteiger partial charge >= 0.3 is 0 Å². The quantitative estimate of drug-likeness (QED) is 0.418. The molecule has 2 aromatic carbocycles. The van der Waals surface area contributed by atoms with Gasteiger partial charge in [0.25, 0.3) is 0 Å². The van der Waals surface area contributed by atoms with Crippen molar-refractivity contribution >= 4 is 28.5 Å². The van der Waals surface area contributed by atoms with Gasteiger partial charge in [-0.05, 0) is 56.3 Å². The molecule has 0 saturated heterocycles. The number of amidine groups is 1. The molecule has 0 saturated carbocycles. The molecule has 0 aliphatic carbocycles. The zero-order valence-electron chi connectivity index (χ0n) is 14.9. The molecule has 0 amide bonds. The fourth-order valence-electron chi connectivity index (χ4n) is 2.74. The number of aliphatic imine (C=N–C) groups is 1. The second-order valence-electron chi connectivity index (χ2n) is 6.45. The Hall–Kier alpha value is -3.19. The highest BCUT2D eigenvalue weighted by atomic mass is 35.5. The van der Waals surface area contributed by atoms with E-state index in [0.717, 1.165) is 22.3 Å². The smallest absolute Gasteiger partial charge is 0.160 e. The summed E-state index contributed by atoms with van der Waals surface area (Å²) in [7, 11) is 0. The van der Waals surface area contributed by atoms with Crippen molar-refractivity contribution in [1.29, 1.82) is 0 Å². The number of aromatic amines is 1. The first kappa shape index (κ1) is 17.2. The maximum absolute atomic E-state index is 6.06. The van der Waals surface area contributed by atoms with Gasteiger partial charge in [-0.2, -0.15) is 0 Å². The van der Waals surface area contributed by atoms with Crippen molar-refractivity contribution < 1.29 is 0 Å². The summed E-state index contributed by atoms with van der Waals surface area (Å²) in [5.74, 6) is 1.15. The molecule has 0 radical (unpaired) electrons. The molecule has 7 nitrogen and oxygen atoms in total. The number of hydrogen-bond acceptors (Lipinski definition) is 4.